The Bertz CT molecular complexity index is 839. The molecule has 0 fully saturated rings. The summed E-state index contributed by atoms with van der Waals surface area (Å²) in [5.74, 6) is -1.21. The first-order chi connectivity index (χ1) is 11.6. The minimum atomic E-state index is -4.77. The van der Waals surface area contributed by atoms with Gasteiger partial charge in [0.25, 0.3) is 5.91 Å². The third-order valence-electron chi connectivity index (χ3n) is 4.06. The number of rotatable bonds is 2. The number of halogens is 3. The average Bonchev–Trinajstić information content (AvgIpc) is 2.86. The van der Waals surface area contributed by atoms with Gasteiger partial charge in [-0.3, -0.25) is 9.59 Å². The summed E-state index contributed by atoms with van der Waals surface area (Å²) >= 11 is 0. The minimum Gasteiger partial charge on any atom is -0.294 e. The predicted octanol–water partition coefficient (Wildman–Crippen LogP) is 3.44. The highest BCUT2D eigenvalue weighted by molar-refractivity contribution is 6.02. The zero-order chi connectivity index (χ0) is 18.4. The van der Waals surface area contributed by atoms with E-state index in [-0.39, 0.29) is 24.1 Å². The lowest BCUT2D eigenvalue weighted by molar-refractivity contribution is -0.141. The Hall–Kier alpha value is -2.64. The van der Waals surface area contributed by atoms with Gasteiger partial charge in [-0.15, -0.1) is 5.10 Å². The maximum Gasteiger partial charge on any atom is 0.435 e. The van der Waals surface area contributed by atoms with Gasteiger partial charge in [-0.25, -0.2) is 5.43 Å². The van der Waals surface area contributed by atoms with E-state index in [1.807, 2.05) is 0 Å². The Labute approximate surface area is 141 Å². The highest BCUT2D eigenvalue weighted by Crippen LogP contribution is 2.40. The van der Waals surface area contributed by atoms with Gasteiger partial charge in [0, 0.05) is 12.0 Å². The number of fused-ring (bicyclic) bond motifs is 1. The van der Waals surface area contributed by atoms with Crippen molar-refractivity contribution in [1.29, 1.82) is 0 Å². The standard InChI is InChI=1S/C17H16F3N3O2/c1-16(2)8-11-13(12(24)9-16)14(17(18,19)20)21-23(11)22-15(25)10-6-4-3-5-7-10/h3-7H,8-9H2,1-2H3,(H,22,25). The Morgan fingerprint density at radius 2 is 1.84 bits per heavy atom. The molecule has 5 nitrogen and oxygen atoms in total. The number of Topliss-reactive ketones (excluding diaryl/α,β-unsaturated/α-hetero) is 1. The van der Waals surface area contributed by atoms with E-state index in [0.717, 1.165) is 4.79 Å². The number of amides is 1. The van der Waals surface area contributed by atoms with Crippen molar-refractivity contribution < 1.29 is 22.8 Å². The fourth-order valence-corrected chi connectivity index (χ4v) is 2.99. The largest absolute Gasteiger partial charge is 0.435 e. The zero-order valence-electron chi connectivity index (χ0n) is 13.6. The van der Waals surface area contributed by atoms with Gasteiger partial charge in [-0.1, -0.05) is 32.0 Å². The molecule has 3 rings (SSSR count). The van der Waals surface area contributed by atoms with Crippen molar-refractivity contribution in [2.45, 2.75) is 32.9 Å². The van der Waals surface area contributed by atoms with Crippen LogP contribution in [0.5, 0.6) is 0 Å². The molecule has 1 heterocycles. The summed E-state index contributed by atoms with van der Waals surface area (Å²) < 4.78 is 39.8. The fourth-order valence-electron chi connectivity index (χ4n) is 2.99. The van der Waals surface area contributed by atoms with Crippen molar-refractivity contribution in [1.82, 2.24) is 9.89 Å². The first-order valence-electron chi connectivity index (χ1n) is 7.67. The molecule has 0 atom stereocenters. The lowest BCUT2D eigenvalue weighted by atomic mass is 9.75. The molecule has 0 unspecified atom stereocenters. The highest BCUT2D eigenvalue weighted by Gasteiger charge is 2.45. The van der Waals surface area contributed by atoms with Gasteiger partial charge in [-0.2, -0.15) is 18.0 Å². The number of carbonyl (C=O) groups excluding carboxylic acids is 2. The van der Waals surface area contributed by atoms with E-state index < -0.39 is 34.5 Å². The monoisotopic (exact) mass is 351 g/mol. The number of benzene rings is 1. The third kappa shape index (κ3) is 3.29. The lowest BCUT2D eigenvalue weighted by Crippen LogP contribution is -2.32. The number of ketones is 1. The molecular formula is C17H16F3N3O2. The third-order valence-corrected chi connectivity index (χ3v) is 4.06. The van der Waals surface area contributed by atoms with Gasteiger partial charge in [0.05, 0.1) is 11.3 Å². The van der Waals surface area contributed by atoms with E-state index in [0.29, 0.717) is 0 Å². The van der Waals surface area contributed by atoms with E-state index in [2.05, 4.69) is 10.5 Å². The second kappa shape index (κ2) is 5.72. The number of hydrogen-bond acceptors (Lipinski definition) is 3. The summed E-state index contributed by atoms with van der Waals surface area (Å²) in [7, 11) is 0. The van der Waals surface area contributed by atoms with Crippen LogP contribution in [0.25, 0.3) is 0 Å². The van der Waals surface area contributed by atoms with Crippen LogP contribution in [0.2, 0.25) is 0 Å². The van der Waals surface area contributed by atoms with Crippen molar-refractivity contribution in [3.63, 3.8) is 0 Å². The molecule has 1 amide bonds. The molecule has 1 aromatic carbocycles. The maximum atomic E-state index is 13.3. The summed E-state index contributed by atoms with van der Waals surface area (Å²) in [5.41, 5.74) is 0.503. The molecule has 132 valence electrons. The molecule has 0 radical (unpaired) electrons. The maximum absolute atomic E-state index is 13.3. The van der Waals surface area contributed by atoms with Crippen LogP contribution in [0.3, 0.4) is 0 Å². The van der Waals surface area contributed by atoms with Gasteiger partial charge in [0.1, 0.15) is 0 Å². The minimum absolute atomic E-state index is 0.00139. The number of carbonyl (C=O) groups is 2. The molecule has 0 saturated carbocycles. The van der Waals surface area contributed by atoms with E-state index in [4.69, 9.17) is 0 Å². The Morgan fingerprint density at radius 1 is 1.20 bits per heavy atom. The second-order valence-corrected chi connectivity index (χ2v) is 6.83. The van der Waals surface area contributed by atoms with E-state index >= 15 is 0 Å². The molecule has 2 aromatic rings. The van der Waals surface area contributed by atoms with Gasteiger partial charge >= 0.3 is 6.18 Å². The van der Waals surface area contributed by atoms with Crippen molar-refractivity contribution in [2.24, 2.45) is 5.41 Å². The normalized spacial score (nSPS) is 16.4. The van der Waals surface area contributed by atoms with E-state index in [9.17, 15) is 22.8 Å². The smallest absolute Gasteiger partial charge is 0.294 e. The zero-order valence-corrected chi connectivity index (χ0v) is 13.6. The molecule has 8 heteroatoms. The molecule has 0 spiro atoms. The first kappa shape index (κ1) is 17.2. The lowest BCUT2D eigenvalue weighted by Gasteiger charge is -2.29. The average molecular weight is 351 g/mol. The van der Waals surface area contributed by atoms with E-state index in [1.165, 1.54) is 12.1 Å². The number of nitrogens with zero attached hydrogens (tertiary/aromatic N) is 2. The van der Waals surface area contributed by atoms with E-state index in [1.54, 1.807) is 32.0 Å². The molecule has 0 saturated heterocycles. The summed E-state index contributed by atoms with van der Waals surface area (Å²) in [4.78, 5) is 25.3. The number of alkyl halides is 3. The summed E-state index contributed by atoms with van der Waals surface area (Å²) in [5, 5.41) is 3.48. The van der Waals surface area contributed by atoms with Crippen LogP contribution in [0, 0.1) is 5.41 Å². The molecule has 1 N–H and O–H groups in total. The van der Waals surface area contributed by atoms with Crippen molar-refractivity contribution in [3.05, 3.63) is 52.8 Å². The van der Waals surface area contributed by atoms with Crippen LogP contribution >= 0.6 is 0 Å². The molecule has 0 aliphatic heterocycles. The fraction of sp³-hybridized carbons (Fsp3) is 0.353. The van der Waals surface area contributed by atoms with Gasteiger partial charge < -0.3 is 0 Å². The number of nitrogens with one attached hydrogen (secondary N) is 1. The SMILES string of the molecule is CC1(C)CC(=O)c2c(C(F)(F)F)nn(NC(=O)c3ccccc3)c2C1. The molecule has 25 heavy (non-hydrogen) atoms. The van der Waals surface area contributed by atoms with Gasteiger partial charge in [0.2, 0.25) is 0 Å². The highest BCUT2D eigenvalue weighted by atomic mass is 19.4. The Kier molecular flexibility index (Phi) is 3.93. The van der Waals surface area contributed by atoms with Crippen LogP contribution in [0.4, 0.5) is 13.2 Å². The topological polar surface area (TPSA) is 64.0 Å². The van der Waals surface area contributed by atoms with Crippen molar-refractivity contribution >= 4 is 11.7 Å². The van der Waals surface area contributed by atoms with Crippen LogP contribution in [-0.2, 0) is 12.6 Å². The molecule has 0 bridgehead atoms. The van der Waals surface area contributed by atoms with Crippen LogP contribution in [0.15, 0.2) is 30.3 Å². The summed E-state index contributed by atoms with van der Waals surface area (Å²) in [6, 6.07) is 8.06. The first-order valence-corrected chi connectivity index (χ1v) is 7.67. The predicted molar refractivity (Wildman–Crippen MR) is 83.8 cm³/mol. The van der Waals surface area contributed by atoms with Crippen LogP contribution < -0.4 is 5.43 Å². The molecular weight excluding hydrogens is 335 g/mol. The summed E-state index contributed by atoms with van der Waals surface area (Å²) in [6.07, 6.45) is -4.57. The van der Waals surface area contributed by atoms with Gasteiger partial charge in [0.15, 0.2) is 11.5 Å². The van der Waals surface area contributed by atoms with Gasteiger partial charge in [-0.05, 0) is 24.0 Å². The number of aromatic nitrogens is 2. The molecule has 1 aliphatic rings. The quantitative estimate of drug-likeness (QED) is 0.901. The van der Waals surface area contributed by atoms with Crippen LogP contribution in [-0.4, -0.2) is 21.6 Å². The Morgan fingerprint density at radius 3 is 2.44 bits per heavy atom. The van der Waals surface area contributed by atoms with Crippen LogP contribution in [0.1, 0.15) is 52.4 Å². The van der Waals surface area contributed by atoms with Crippen molar-refractivity contribution in [2.75, 3.05) is 5.43 Å². The second-order valence-electron chi connectivity index (χ2n) is 6.83. The van der Waals surface area contributed by atoms with Crippen molar-refractivity contribution in [3.8, 4) is 0 Å². The Balaban J connectivity index is 2.06. The molecule has 1 aromatic heterocycles. The molecule has 1 aliphatic carbocycles. The summed E-state index contributed by atoms with van der Waals surface area (Å²) in [6.45, 7) is 3.58. The number of hydrogen-bond donors (Lipinski definition) is 1.